The monoisotopic (exact) mass is 753 g/mol. The molecule has 0 bridgehead atoms. The number of nitrogens with zero attached hydrogens (tertiary/aromatic N) is 5. The number of rotatable bonds is 9. The van der Waals surface area contributed by atoms with Crippen LogP contribution < -0.4 is 27.0 Å². The zero-order valence-corrected chi connectivity index (χ0v) is 31.5. The Morgan fingerprint density at radius 1 is 0.927 bits per heavy atom. The molecule has 8 rings (SSSR count). The number of piperidine rings is 3. The number of likely N-dealkylation sites (tertiary alicyclic amines) is 1. The molecule has 4 atom stereocenters. The molecule has 3 amide bonds. The van der Waals surface area contributed by atoms with Gasteiger partial charge in [0.15, 0.2) is 0 Å². The number of anilines is 1. The van der Waals surface area contributed by atoms with Gasteiger partial charge in [-0.05, 0) is 86.4 Å². The van der Waals surface area contributed by atoms with Crippen molar-refractivity contribution in [3.63, 3.8) is 0 Å². The van der Waals surface area contributed by atoms with E-state index in [0.717, 1.165) is 102 Å². The Morgan fingerprint density at radius 2 is 1.73 bits per heavy atom. The minimum absolute atomic E-state index is 0.135. The largest absolute Gasteiger partial charge is 0.507 e. The lowest BCUT2D eigenvalue weighted by Gasteiger charge is -2.48. The number of piperazine rings is 1. The van der Waals surface area contributed by atoms with E-state index >= 15 is 0 Å². The van der Waals surface area contributed by atoms with E-state index in [1.807, 2.05) is 24.3 Å². The fourth-order valence-electron chi connectivity index (χ4n) is 9.74. The number of para-hydroxylation sites is 1. The van der Waals surface area contributed by atoms with Gasteiger partial charge in [0.1, 0.15) is 17.6 Å². The van der Waals surface area contributed by atoms with Gasteiger partial charge in [-0.15, -0.1) is 0 Å². The Bertz CT molecular complexity index is 1860. The molecule has 2 aromatic rings. The van der Waals surface area contributed by atoms with Crippen LogP contribution in [0.2, 0.25) is 0 Å². The normalized spacial score (nSPS) is 27.3. The van der Waals surface area contributed by atoms with Crippen molar-refractivity contribution in [2.75, 3.05) is 70.4 Å². The molecule has 6 aliphatic heterocycles. The van der Waals surface area contributed by atoms with Crippen LogP contribution in [0.5, 0.6) is 5.75 Å². The summed E-state index contributed by atoms with van der Waals surface area (Å²) in [7, 11) is 0. The van der Waals surface area contributed by atoms with E-state index in [1.165, 1.54) is 0 Å². The Morgan fingerprint density at radius 3 is 2.51 bits per heavy atom. The van der Waals surface area contributed by atoms with Crippen LogP contribution in [0.25, 0.3) is 5.70 Å². The van der Waals surface area contributed by atoms with Gasteiger partial charge in [0, 0.05) is 93.9 Å². The number of imide groups is 1. The number of aliphatic hydroxyl groups excluding tert-OH is 1. The van der Waals surface area contributed by atoms with Crippen molar-refractivity contribution in [3.8, 4) is 5.75 Å². The molecule has 0 radical (unpaired) electrons. The molecule has 2 aromatic carbocycles. The summed E-state index contributed by atoms with van der Waals surface area (Å²) >= 11 is 0. The number of phenolic OH excluding ortho intramolecular Hbond substituents is 1. The van der Waals surface area contributed by atoms with Crippen molar-refractivity contribution in [1.82, 2.24) is 30.2 Å². The van der Waals surface area contributed by atoms with E-state index in [2.05, 4.69) is 36.3 Å². The Hall–Kier alpha value is -4.79. The number of nitrogens with two attached hydrogens (primary N) is 2. The van der Waals surface area contributed by atoms with Gasteiger partial charge in [-0.1, -0.05) is 18.2 Å². The third-order valence-electron chi connectivity index (χ3n) is 12.8. The summed E-state index contributed by atoms with van der Waals surface area (Å²) < 4.78 is 0. The van der Waals surface area contributed by atoms with Gasteiger partial charge >= 0.3 is 0 Å². The second kappa shape index (κ2) is 15.8. The van der Waals surface area contributed by atoms with Crippen LogP contribution in [0.1, 0.15) is 60.0 Å². The summed E-state index contributed by atoms with van der Waals surface area (Å²) in [6.07, 6.45) is 6.71. The van der Waals surface area contributed by atoms with Crippen molar-refractivity contribution >= 4 is 29.1 Å². The van der Waals surface area contributed by atoms with Crippen LogP contribution in [0.15, 0.2) is 60.1 Å². The molecule has 6 aliphatic rings. The summed E-state index contributed by atoms with van der Waals surface area (Å²) in [6.45, 7) is 8.87. The number of carbonyl (C=O) groups excluding carboxylic acids is 3. The molecule has 0 aromatic heterocycles. The Labute approximate surface area is 322 Å². The summed E-state index contributed by atoms with van der Waals surface area (Å²) in [6, 6.07) is 13.0. The first-order valence-corrected chi connectivity index (χ1v) is 20.0. The van der Waals surface area contributed by atoms with Gasteiger partial charge in [0.05, 0.1) is 18.3 Å². The number of hydrogen-bond donors (Lipinski definition) is 6. The highest BCUT2D eigenvalue weighted by Gasteiger charge is 2.40. The second-order valence-electron chi connectivity index (χ2n) is 16.3. The maximum absolute atomic E-state index is 13.4. The zero-order valence-electron chi connectivity index (χ0n) is 31.5. The van der Waals surface area contributed by atoms with Gasteiger partial charge in [-0.25, -0.2) is 0 Å². The van der Waals surface area contributed by atoms with E-state index in [-0.39, 0.29) is 48.6 Å². The molecule has 55 heavy (non-hydrogen) atoms. The summed E-state index contributed by atoms with van der Waals surface area (Å²) in [4.78, 5) is 48.9. The molecule has 4 saturated heterocycles. The van der Waals surface area contributed by atoms with Crippen molar-refractivity contribution in [3.05, 3.63) is 76.7 Å². The quantitative estimate of drug-likeness (QED) is 0.201. The number of benzene rings is 2. The van der Waals surface area contributed by atoms with Crippen LogP contribution in [0, 0.1) is 11.8 Å². The van der Waals surface area contributed by atoms with Crippen molar-refractivity contribution in [2.24, 2.45) is 23.3 Å². The first kappa shape index (κ1) is 37.1. The molecule has 0 spiro atoms. The van der Waals surface area contributed by atoms with E-state index in [4.69, 9.17) is 11.5 Å². The lowest BCUT2D eigenvalue weighted by molar-refractivity contribution is -0.136. The number of carbonyl (C=O) groups is 3. The third-order valence-corrected chi connectivity index (χ3v) is 12.8. The van der Waals surface area contributed by atoms with Gasteiger partial charge in [-0.3, -0.25) is 29.5 Å². The molecule has 0 saturated carbocycles. The number of amides is 3. The number of aromatic hydroxyl groups is 1. The number of phenols is 1. The van der Waals surface area contributed by atoms with Crippen LogP contribution in [-0.4, -0.2) is 131 Å². The highest BCUT2D eigenvalue weighted by atomic mass is 16.3. The summed E-state index contributed by atoms with van der Waals surface area (Å²) in [5.41, 5.74) is 17.4. The predicted octanol–water partition coefficient (Wildman–Crippen LogP) is 1.16. The van der Waals surface area contributed by atoms with Gasteiger partial charge in [-0.2, -0.15) is 0 Å². The highest BCUT2D eigenvalue weighted by molar-refractivity contribution is 6.05. The van der Waals surface area contributed by atoms with Crippen LogP contribution in [0.3, 0.4) is 0 Å². The summed E-state index contributed by atoms with van der Waals surface area (Å²) in [5, 5.41) is 26.6. The molecule has 0 aliphatic carbocycles. The molecular weight excluding hydrogens is 699 g/mol. The number of hydrogen-bond acceptors (Lipinski definition) is 12. The summed E-state index contributed by atoms with van der Waals surface area (Å²) in [5.74, 6) is 1.03. The molecule has 6 heterocycles. The maximum atomic E-state index is 13.4. The number of allylic oxidation sites excluding steroid dienone is 1. The van der Waals surface area contributed by atoms with Crippen LogP contribution >= 0.6 is 0 Å². The Kier molecular flexibility index (Phi) is 10.6. The van der Waals surface area contributed by atoms with Crippen molar-refractivity contribution in [1.29, 1.82) is 0 Å². The third kappa shape index (κ3) is 7.72. The molecule has 4 fully saturated rings. The number of fused-ring (bicyclic) bond motifs is 2. The van der Waals surface area contributed by atoms with E-state index < -0.39 is 6.04 Å². The average molecular weight is 754 g/mol. The highest BCUT2D eigenvalue weighted by Crippen LogP contribution is 2.34. The lowest BCUT2D eigenvalue weighted by atomic mass is 9.88. The van der Waals surface area contributed by atoms with Gasteiger partial charge in [0.2, 0.25) is 11.8 Å². The van der Waals surface area contributed by atoms with E-state index in [1.54, 1.807) is 23.1 Å². The fraction of sp³-hybridized carbons (Fsp3) is 0.537. The Balaban J connectivity index is 0.805. The van der Waals surface area contributed by atoms with Gasteiger partial charge in [0.25, 0.3) is 5.91 Å². The number of nitrogens with one attached hydrogen (secondary N) is 2. The van der Waals surface area contributed by atoms with Crippen molar-refractivity contribution in [2.45, 2.75) is 63.2 Å². The minimum Gasteiger partial charge on any atom is -0.507 e. The molecule has 8 N–H and O–H groups in total. The molecule has 4 unspecified atom stereocenters. The molecule has 294 valence electrons. The van der Waals surface area contributed by atoms with Crippen molar-refractivity contribution < 1.29 is 24.6 Å². The number of aliphatic hydroxyl groups is 1. The SMILES string of the molecule is NC1=C(/C=C(\N)c2ccccc2O)N2CCN(CC3CCN(CC4CCN(c5ccc6c(c5)C(=O)N(C5CCC(=O)NC5=O)C6)CC4)C(CO)C3)CC2CN1. The maximum Gasteiger partial charge on any atom is 0.255 e. The lowest BCUT2D eigenvalue weighted by Crippen LogP contribution is -2.60. The van der Waals surface area contributed by atoms with Gasteiger partial charge < -0.3 is 41.7 Å². The first-order valence-electron chi connectivity index (χ1n) is 20.0. The van der Waals surface area contributed by atoms with E-state index in [9.17, 15) is 24.6 Å². The van der Waals surface area contributed by atoms with E-state index in [0.29, 0.717) is 47.4 Å². The van der Waals surface area contributed by atoms with Crippen LogP contribution in [0.4, 0.5) is 5.69 Å². The topological polar surface area (TPSA) is 184 Å². The zero-order chi connectivity index (χ0) is 38.2. The second-order valence-corrected chi connectivity index (χ2v) is 16.3. The molecular formula is C41H55N9O5. The standard InChI is InChI=1S/C41H55N9O5/c42-34(32-3-1-2-4-37(32)52)19-36-39(43)44-20-31-24-46(15-16-49(31)36)21-27-11-14-48(30(17-27)25-51)22-26-9-12-47(13-10-26)29-6-5-28-23-50(41(55)33(28)18-29)35-7-8-38(53)45-40(35)54/h1-6,18-19,26-27,30-31,35,44,51-52H,7-17,20-25,42-43H2,(H,45,53,54)/b34-19-. The first-order chi connectivity index (χ1) is 26.6. The molecule has 14 heteroatoms. The molecule has 14 nitrogen and oxygen atoms in total. The predicted molar refractivity (Wildman–Crippen MR) is 209 cm³/mol. The van der Waals surface area contributed by atoms with Crippen LogP contribution in [-0.2, 0) is 16.1 Å². The minimum atomic E-state index is -0.604. The average Bonchev–Trinajstić information content (AvgIpc) is 3.51. The smallest absolute Gasteiger partial charge is 0.255 e. The fourth-order valence-corrected chi connectivity index (χ4v) is 9.74.